The fraction of sp³-hybridized carbons (Fsp3) is 0.0769. The van der Waals surface area contributed by atoms with E-state index in [0.717, 1.165) is 11.8 Å². The minimum absolute atomic E-state index is 0.0223. The van der Waals surface area contributed by atoms with E-state index in [1.165, 1.54) is 23.5 Å². The molecule has 2 aromatic rings. The van der Waals surface area contributed by atoms with Crippen LogP contribution in [0.3, 0.4) is 0 Å². The minimum Gasteiger partial charge on any atom is -0.399 e. The Labute approximate surface area is 128 Å². The average molecular weight is 325 g/mol. The van der Waals surface area contributed by atoms with Crippen molar-refractivity contribution in [1.29, 1.82) is 0 Å². The van der Waals surface area contributed by atoms with Gasteiger partial charge in [-0.15, -0.1) is 23.1 Å². The standard InChI is InChI=1S/C13H12FN3O2S2/c14-9-6-8(15)3-4-10(9)21-7-12(18)16-17-13(19)11-2-1-5-20-11/h1-6H,7,15H2,(H,16,18)(H,17,19). The van der Waals surface area contributed by atoms with Crippen LogP contribution in [-0.4, -0.2) is 17.6 Å². The summed E-state index contributed by atoms with van der Waals surface area (Å²) in [5.74, 6) is -1.32. The fourth-order valence-electron chi connectivity index (χ4n) is 1.41. The molecule has 0 atom stereocenters. The number of amides is 2. The van der Waals surface area contributed by atoms with Crippen LogP contribution >= 0.6 is 23.1 Å². The second-order valence-corrected chi connectivity index (χ2v) is 5.92. The lowest BCUT2D eigenvalue weighted by atomic mass is 10.3. The van der Waals surface area contributed by atoms with Crippen molar-refractivity contribution < 1.29 is 14.0 Å². The lowest BCUT2D eigenvalue weighted by Crippen LogP contribution is -2.42. The van der Waals surface area contributed by atoms with E-state index in [1.807, 2.05) is 0 Å². The first-order valence-corrected chi connectivity index (χ1v) is 7.73. The maximum atomic E-state index is 13.5. The molecule has 0 saturated carbocycles. The molecule has 21 heavy (non-hydrogen) atoms. The van der Waals surface area contributed by atoms with Gasteiger partial charge in [-0.2, -0.15) is 0 Å². The van der Waals surface area contributed by atoms with Crippen LogP contribution in [0.2, 0.25) is 0 Å². The zero-order valence-electron chi connectivity index (χ0n) is 10.8. The Morgan fingerprint density at radius 2 is 2.10 bits per heavy atom. The summed E-state index contributed by atoms with van der Waals surface area (Å²) < 4.78 is 13.5. The first kappa shape index (κ1) is 15.3. The van der Waals surface area contributed by atoms with Gasteiger partial charge in [0.15, 0.2) is 0 Å². The molecule has 0 radical (unpaired) electrons. The van der Waals surface area contributed by atoms with Crippen LogP contribution in [0, 0.1) is 5.82 Å². The highest BCUT2D eigenvalue weighted by Crippen LogP contribution is 2.23. The molecule has 1 heterocycles. The van der Waals surface area contributed by atoms with Gasteiger partial charge in [-0.3, -0.25) is 20.4 Å². The molecule has 2 rings (SSSR count). The van der Waals surface area contributed by atoms with Crippen LogP contribution in [0.4, 0.5) is 10.1 Å². The van der Waals surface area contributed by atoms with Crippen molar-refractivity contribution in [3.8, 4) is 0 Å². The molecule has 0 aliphatic carbocycles. The highest BCUT2D eigenvalue weighted by atomic mass is 32.2. The summed E-state index contributed by atoms with van der Waals surface area (Å²) in [5, 5.41) is 1.76. The molecule has 0 aliphatic rings. The predicted molar refractivity (Wildman–Crippen MR) is 81.5 cm³/mol. The van der Waals surface area contributed by atoms with Gasteiger partial charge in [-0.1, -0.05) is 6.07 Å². The lowest BCUT2D eigenvalue weighted by Gasteiger charge is -2.07. The summed E-state index contributed by atoms with van der Waals surface area (Å²) in [6.45, 7) is 0. The fourth-order valence-corrected chi connectivity index (χ4v) is 2.75. The Kier molecular flexibility index (Phi) is 5.18. The average Bonchev–Trinajstić information content (AvgIpc) is 2.98. The third-order valence-corrected chi connectivity index (χ3v) is 4.29. The highest BCUT2D eigenvalue weighted by molar-refractivity contribution is 8.00. The number of carbonyl (C=O) groups excluding carboxylic acids is 2. The molecule has 0 saturated heterocycles. The molecule has 0 spiro atoms. The van der Waals surface area contributed by atoms with E-state index in [2.05, 4.69) is 10.9 Å². The zero-order chi connectivity index (χ0) is 15.2. The molecular weight excluding hydrogens is 313 g/mol. The smallest absolute Gasteiger partial charge is 0.279 e. The Morgan fingerprint density at radius 1 is 1.29 bits per heavy atom. The molecule has 110 valence electrons. The molecule has 2 amide bonds. The van der Waals surface area contributed by atoms with E-state index in [1.54, 1.807) is 23.6 Å². The summed E-state index contributed by atoms with van der Waals surface area (Å²) >= 11 is 2.29. The molecular formula is C13H12FN3O2S2. The Bertz CT molecular complexity index is 647. The second kappa shape index (κ2) is 7.09. The Hall–Kier alpha value is -2.06. The third kappa shape index (κ3) is 4.47. The Balaban J connectivity index is 1.78. The van der Waals surface area contributed by atoms with Gasteiger partial charge < -0.3 is 5.73 Å². The zero-order valence-corrected chi connectivity index (χ0v) is 12.4. The number of thiophene rings is 1. The van der Waals surface area contributed by atoms with Crippen molar-refractivity contribution in [2.75, 3.05) is 11.5 Å². The van der Waals surface area contributed by atoms with E-state index >= 15 is 0 Å². The molecule has 0 aliphatic heterocycles. The van der Waals surface area contributed by atoms with Gasteiger partial charge in [0.05, 0.1) is 10.6 Å². The van der Waals surface area contributed by atoms with Crippen LogP contribution in [-0.2, 0) is 4.79 Å². The number of hydrogen-bond acceptors (Lipinski definition) is 5. The molecule has 4 N–H and O–H groups in total. The van der Waals surface area contributed by atoms with E-state index in [9.17, 15) is 14.0 Å². The number of halogens is 1. The van der Waals surface area contributed by atoms with E-state index in [-0.39, 0.29) is 11.7 Å². The van der Waals surface area contributed by atoms with E-state index in [0.29, 0.717) is 15.5 Å². The van der Waals surface area contributed by atoms with Crippen LogP contribution < -0.4 is 16.6 Å². The largest absolute Gasteiger partial charge is 0.399 e. The number of anilines is 1. The number of nitrogens with one attached hydrogen (secondary N) is 2. The van der Waals surface area contributed by atoms with Crippen LogP contribution in [0.15, 0.2) is 40.6 Å². The number of rotatable bonds is 4. The summed E-state index contributed by atoms with van der Waals surface area (Å²) in [6.07, 6.45) is 0. The van der Waals surface area contributed by atoms with E-state index < -0.39 is 11.7 Å². The monoisotopic (exact) mass is 325 g/mol. The molecule has 1 aromatic heterocycles. The van der Waals surface area contributed by atoms with Gasteiger partial charge in [0, 0.05) is 10.6 Å². The lowest BCUT2D eigenvalue weighted by molar-refractivity contribution is -0.119. The van der Waals surface area contributed by atoms with Crippen LogP contribution in [0.1, 0.15) is 9.67 Å². The normalized spacial score (nSPS) is 10.1. The highest BCUT2D eigenvalue weighted by Gasteiger charge is 2.10. The number of carbonyl (C=O) groups is 2. The van der Waals surface area contributed by atoms with Crippen molar-refractivity contribution >= 4 is 40.6 Å². The van der Waals surface area contributed by atoms with Crippen LogP contribution in [0.5, 0.6) is 0 Å². The number of hydrazine groups is 1. The first-order valence-electron chi connectivity index (χ1n) is 5.87. The van der Waals surface area contributed by atoms with Gasteiger partial charge >= 0.3 is 0 Å². The molecule has 0 unspecified atom stereocenters. The molecule has 1 aromatic carbocycles. The summed E-state index contributed by atoms with van der Waals surface area (Å²) in [4.78, 5) is 24.0. The van der Waals surface area contributed by atoms with Crippen LogP contribution in [0.25, 0.3) is 0 Å². The van der Waals surface area contributed by atoms with E-state index in [4.69, 9.17) is 5.73 Å². The quantitative estimate of drug-likeness (QED) is 0.456. The second-order valence-electron chi connectivity index (χ2n) is 3.96. The molecule has 0 fully saturated rings. The third-order valence-electron chi connectivity index (χ3n) is 2.38. The number of nitrogens with two attached hydrogens (primary N) is 1. The summed E-state index contributed by atoms with van der Waals surface area (Å²) in [6, 6.07) is 7.64. The number of hydrogen-bond donors (Lipinski definition) is 3. The topological polar surface area (TPSA) is 84.2 Å². The van der Waals surface area contributed by atoms with Gasteiger partial charge in [0.25, 0.3) is 5.91 Å². The van der Waals surface area contributed by atoms with Crippen molar-refractivity contribution in [3.63, 3.8) is 0 Å². The molecule has 8 heteroatoms. The number of thioether (sulfide) groups is 1. The minimum atomic E-state index is -0.476. The molecule has 5 nitrogen and oxygen atoms in total. The van der Waals surface area contributed by atoms with Gasteiger partial charge in [0.2, 0.25) is 5.91 Å². The summed E-state index contributed by atoms with van der Waals surface area (Å²) in [7, 11) is 0. The van der Waals surface area contributed by atoms with Gasteiger partial charge in [0.1, 0.15) is 5.82 Å². The predicted octanol–water partition coefficient (Wildman–Crippen LogP) is 2.02. The number of nitrogen functional groups attached to an aromatic ring is 1. The van der Waals surface area contributed by atoms with Crippen molar-refractivity contribution in [2.24, 2.45) is 0 Å². The van der Waals surface area contributed by atoms with Crippen molar-refractivity contribution in [1.82, 2.24) is 10.9 Å². The SMILES string of the molecule is Nc1ccc(SCC(=O)NNC(=O)c2cccs2)c(F)c1. The van der Waals surface area contributed by atoms with Gasteiger partial charge in [-0.25, -0.2) is 4.39 Å². The Morgan fingerprint density at radius 3 is 2.76 bits per heavy atom. The number of benzene rings is 1. The first-order chi connectivity index (χ1) is 10.1. The molecule has 0 bridgehead atoms. The van der Waals surface area contributed by atoms with Gasteiger partial charge in [-0.05, 0) is 29.6 Å². The van der Waals surface area contributed by atoms with Crippen molar-refractivity contribution in [3.05, 3.63) is 46.4 Å². The maximum absolute atomic E-state index is 13.5. The maximum Gasteiger partial charge on any atom is 0.279 e. The van der Waals surface area contributed by atoms with Crippen molar-refractivity contribution in [2.45, 2.75) is 4.90 Å². The summed E-state index contributed by atoms with van der Waals surface area (Å²) in [5.41, 5.74) is 10.3.